The normalized spacial score (nSPS) is 33.2. The third-order valence-electron chi connectivity index (χ3n) is 7.06. The lowest BCUT2D eigenvalue weighted by atomic mass is 9.85. The quantitative estimate of drug-likeness (QED) is 0.797. The average Bonchev–Trinajstić information content (AvgIpc) is 3.21. The molecule has 0 unspecified atom stereocenters. The van der Waals surface area contributed by atoms with Gasteiger partial charge in [-0.15, -0.1) is 0 Å². The Hall–Kier alpha value is -1.75. The average molecular weight is 369 g/mol. The van der Waals surface area contributed by atoms with E-state index in [-0.39, 0.29) is 11.7 Å². The predicted octanol–water partition coefficient (Wildman–Crippen LogP) is 3.47. The molecule has 1 aromatic carbocycles. The zero-order chi connectivity index (χ0) is 18.6. The SMILES string of the molecule is CCC1=N[C@@]2(CC[C@@H]3CN(Cc4ccc(F)cc4)C[C@@H]32)C(=O)N1CC1CC1. The minimum Gasteiger partial charge on any atom is -0.298 e. The first kappa shape index (κ1) is 17.4. The summed E-state index contributed by atoms with van der Waals surface area (Å²) in [6.45, 7) is 5.77. The second kappa shape index (κ2) is 6.40. The van der Waals surface area contributed by atoms with Crippen molar-refractivity contribution in [3.63, 3.8) is 0 Å². The van der Waals surface area contributed by atoms with Crippen LogP contribution in [0.4, 0.5) is 4.39 Å². The topological polar surface area (TPSA) is 35.9 Å². The number of amides is 1. The number of carbonyl (C=O) groups excluding carboxylic acids is 1. The van der Waals surface area contributed by atoms with E-state index in [9.17, 15) is 9.18 Å². The number of rotatable bonds is 5. The van der Waals surface area contributed by atoms with Gasteiger partial charge in [-0.25, -0.2) is 4.39 Å². The first-order valence-corrected chi connectivity index (χ1v) is 10.5. The molecule has 3 atom stereocenters. The van der Waals surface area contributed by atoms with E-state index < -0.39 is 5.54 Å². The van der Waals surface area contributed by atoms with Gasteiger partial charge >= 0.3 is 0 Å². The molecule has 27 heavy (non-hydrogen) atoms. The van der Waals surface area contributed by atoms with Gasteiger partial charge in [0.15, 0.2) is 0 Å². The van der Waals surface area contributed by atoms with E-state index in [0.29, 0.717) is 17.8 Å². The highest BCUT2D eigenvalue weighted by Crippen LogP contribution is 2.51. The first-order chi connectivity index (χ1) is 13.1. The fourth-order valence-corrected chi connectivity index (χ4v) is 5.47. The summed E-state index contributed by atoms with van der Waals surface area (Å²) in [5.74, 6) is 2.68. The smallest absolute Gasteiger partial charge is 0.256 e. The van der Waals surface area contributed by atoms with Crippen molar-refractivity contribution in [3.05, 3.63) is 35.6 Å². The van der Waals surface area contributed by atoms with E-state index >= 15 is 0 Å². The van der Waals surface area contributed by atoms with Crippen molar-refractivity contribution in [2.45, 2.75) is 51.1 Å². The van der Waals surface area contributed by atoms with Crippen molar-refractivity contribution < 1.29 is 9.18 Å². The molecule has 3 fully saturated rings. The predicted molar refractivity (Wildman–Crippen MR) is 103 cm³/mol. The van der Waals surface area contributed by atoms with Gasteiger partial charge in [0.2, 0.25) is 0 Å². The van der Waals surface area contributed by atoms with Crippen molar-refractivity contribution in [1.29, 1.82) is 0 Å². The molecule has 4 nitrogen and oxygen atoms in total. The molecule has 4 aliphatic rings. The van der Waals surface area contributed by atoms with Crippen LogP contribution in [-0.2, 0) is 11.3 Å². The third-order valence-corrected chi connectivity index (χ3v) is 7.06. The Labute approximate surface area is 160 Å². The number of carbonyl (C=O) groups is 1. The minimum absolute atomic E-state index is 0.190. The summed E-state index contributed by atoms with van der Waals surface area (Å²) in [6.07, 6.45) is 5.36. The maximum Gasteiger partial charge on any atom is 0.256 e. The van der Waals surface area contributed by atoms with Crippen LogP contribution in [0.5, 0.6) is 0 Å². The number of benzene rings is 1. The first-order valence-electron chi connectivity index (χ1n) is 10.5. The Morgan fingerprint density at radius 2 is 1.96 bits per heavy atom. The molecule has 0 aromatic heterocycles. The van der Waals surface area contributed by atoms with Crippen LogP contribution in [0, 0.1) is 23.6 Å². The van der Waals surface area contributed by atoms with Crippen molar-refractivity contribution in [2.24, 2.45) is 22.7 Å². The summed E-state index contributed by atoms with van der Waals surface area (Å²) in [4.78, 5) is 23.0. The van der Waals surface area contributed by atoms with Crippen LogP contribution in [0.1, 0.15) is 44.6 Å². The highest BCUT2D eigenvalue weighted by molar-refractivity contribution is 6.08. The fraction of sp³-hybridized carbons (Fsp3) is 0.636. The number of amidine groups is 1. The number of likely N-dealkylation sites (tertiary alicyclic amines) is 1. The van der Waals surface area contributed by atoms with Gasteiger partial charge in [0.1, 0.15) is 17.2 Å². The molecule has 5 heteroatoms. The third kappa shape index (κ3) is 2.91. The highest BCUT2D eigenvalue weighted by Gasteiger charge is 2.61. The molecule has 2 aliphatic heterocycles. The lowest BCUT2D eigenvalue weighted by Gasteiger charge is -2.28. The largest absolute Gasteiger partial charge is 0.298 e. The van der Waals surface area contributed by atoms with Crippen molar-refractivity contribution in [2.75, 3.05) is 19.6 Å². The van der Waals surface area contributed by atoms with Gasteiger partial charge < -0.3 is 0 Å². The van der Waals surface area contributed by atoms with E-state index in [0.717, 1.165) is 56.8 Å². The second-order valence-electron chi connectivity index (χ2n) is 8.89. The summed E-state index contributed by atoms with van der Waals surface area (Å²) < 4.78 is 13.2. The molecule has 144 valence electrons. The zero-order valence-corrected chi connectivity index (χ0v) is 16.0. The van der Waals surface area contributed by atoms with Gasteiger partial charge in [0, 0.05) is 38.5 Å². The van der Waals surface area contributed by atoms with Crippen LogP contribution in [0.3, 0.4) is 0 Å². The minimum atomic E-state index is -0.498. The van der Waals surface area contributed by atoms with E-state index in [1.165, 1.54) is 25.0 Å². The Kier molecular flexibility index (Phi) is 4.12. The van der Waals surface area contributed by atoms with Gasteiger partial charge in [-0.1, -0.05) is 19.1 Å². The van der Waals surface area contributed by atoms with Gasteiger partial charge in [0.25, 0.3) is 5.91 Å². The van der Waals surface area contributed by atoms with E-state index in [4.69, 9.17) is 4.99 Å². The van der Waals surface area contributed by atoms with Gasteiger partial charge in [-0.2, -0.15) is 0 Å². The molecule has 1 aromatic rings. The van der Waals surface area contributed by atoms with Crippen molar-refractivity contribution in [1.82, 2.24) is 9.80 Å². The Morgan fingerprint density at radius 1 is 1.19 bits per heavy atom. The summed E-state index contributed by atoms with van der Waals surface area (Å²) >= 11 is 0. The van der Waals surface area contributed by atoms with E-state index in [1.54, 1.807) is 0 Å². The molecule has 5 rings (SSSR count). The van der Waals surface area contributed by atoms with Crippen LogP contribution in [-0.4, -0.2) is 46.7 Å². The summed E-state index contributed by atoms with van der Waals surface area (Å²) in [6, 6.07) is 6.79. The molecule has 2 saturated carbocycles. The zero-order valence-electron chi connectivity index (χ0n) is 16.0. The molecule has 1 saturated heterocycles. The summed E-state index contributed by atoms with van der Waals surface area (Å²) in [7, 11) is 0. The molecule has 0 N–H and O–H groups in total. The monoisotopic (exact) mass is 369 g/mol. The maximum absolute atomic E-state index is 13.5. The molecule has 2 aliphatic carbocycles. The molecular weight excluding hydrogens is 341 g/mol. The number of aliphatic imine (C=N–C) groups is 1. The number of halogens is 1. The standard InChI is InChI=1S/C22H28FN3O/c1-2-20-24-22(21(27)26(20)12-16-3-4-16)10-9-17-13-25(14-19(17)22)11-15-5-7-18(23)8-6-15/h5-8,16-17,19H,2-4,9-14H2,1H3/t17-,19+,22-/m1/s1. The van der Waals surface area contributed by atoms with Crippen molar-refractivity contribution >= 4 is 11.7 Å². The Morgan fingerprint density at radius 3 is 2.67 bits per heavy atom. The number of hydrogen-bond acceptors (Lipinski definition) is 3. The maximum atomic E-state index is 13.5. The van der Waals surface area contributed by atoms with Gasteiger partial charge in [-0.05, 0) is 55.2 Å². The number of hydrogen-bond donors (Lipinski definition) is 0. The second-order valence-corrected chi connectivity index (χ2v) is 8.89. The molecule has 0 bridgehead atoms. The molecular formula is C22H28FN3O. The molecule has 0 radical (unpaired) electrons. The van der Waals surface area contributed by atoms with E-state index in [2.05, 4.69) is 11.8 Å². The van der Waals surface area contributed by atoms with Crippen LogP contribution in [0.25, 0.3) is 0 Å². The Bertz CT molecular complexity index is 772. The summed E-state index contributed by atoms with van der Waals surface area (Å²) in [5.41, 5.74) is 0.638. The number of fused-ring (bicyclic) bond motifs is 2. The fourth-order valence-electron chi connectivity index (χ4n) is 5.47. The number of nitrogens with zero attached hydrogens (tertiary/aromatic N) is 3. The van der Waals surface area contributed by atoms with Gasteiger partial charge in [-0.3, -0.25) is 19.6 Å². The van der Waals surface area contributed by atoms with Gasteiger partial charge in [0.05, 0.1) is 0 Å². The van der Waals surface area contributed by atoms with Crippen LogP contribution >= 0.6 is 0 Å². The molecule has 1 amide bonds. The lowest BCUT2D eigenvalue weighted by Crippen LogP contribution is -2.47. The van der Waals surface area contributed by atoms with Crippen LogP contribution in [0.2, 0.25) is 0 Å². The molecule has 2 heterocycles. The molecule has 1 spiro atoms. The lowest BCUT2D eigenvalue weighted by molar-refractivity contribution is -0.132. The van der Waals surface area contributed by atoms with Crippen LogP contribution in [0.15, 0.2) is 29.3 Å². The summed E-state index contributed by atoms with van der Waals surface area (Å²) in [5, 5.41) is 0. The van der Waals surface area contributed by atoms with Crippen LogP contribution < -0.4 is 0 Å². The van der Waals surface area contributed by atoms with E-state index in [1.807, 2.05) is 17.0 Å². The van der Waals surface area contributed by atoms with Crippen molar-refractivity contribution in [3.8, 4) is 0 Å². The Balaban J connectivity index is 1.34. The highest BCUT2D eigenvalue weighted by atomic mass is 19.1.